The molecule has 0 aromatic rings. The van der Waals surface area contributed by atoms with Gasteiger partial charge in [0.15, 0.2) is 0 Å². The van der Waals surface area contributed by atoms with Crippen LogP contribution in [0.4, 0.5) is 0 Å². The molecule has 4 rings (SSSR count). The quantitative estimate of drug-likeness (QED) is 0.0636. The molecule has 0 radical (unpaired) electrons. The molecule has 2 saturated heterocycles. The fourth-order valence-electron chi connectivity index (χ4n) is 13.9. The highest BCUT2D eigenvalue weighted by atomic mass is 17.4. The highest BCUT2D eigenvalue weighted by molar-refractivity contribution is 5.22. The molecule has 4 fully saturated rings. The molecule has 4 nitrogen and oxygen atoms in total. The second kappa shape index (κ2) is 16.1. The fraction of sp³-hybridized carbons (Fsp3) is 1.00. The van der Waals surface area contributed by atoms with Gasteiger partial charge in [-0.1, -0.05) is 174 Å². The van der Waals surface area contributed by atoms with E-state index in [1.54, 1.807) is 0 Å². The topological polar surface area (TPSA) is 50.1 Å². The molecule has 0 aromatic heterocycles. The van der Waals surface area contributed by atoms with Crippen LogP contribution >= 0.6 is 0 Å². The number of rotatable bonds is 22. The number of unbranched alkanes of at least 4 members (excludes halogenated alkanes) is 8. The zero-order valence-corrected chi connectivity index (χ0v) is 36.8. The van der Waals surface area contributed by atoms with Crippen LogP contribution in [0.5, 0.6) is 0 Å². The molecule has 4 heteroatoms. The average molecular weight is 717 g/mol. The third kappa shape index (κ3) is 8.21. The SMILES string of the molecule is CCCCCC(C)(C)C1CC2(CCC1(C(C)(C)CCCCC)C(C)(C)C1(C(C)(C)CCCCC)CCC3(CC1C(C)(C)CCCCC)OO3)OO2. The largest absolute Gasteiger partial charge is 0.234 e. The molecule has 2 heterocycles. The summed E-state index contributed by atoms with van der Waals surface area (Å²) in [6.07, 6.45) is 27.1. The van der Waals surface area contributed by atoms with E-state index >= 15 is 0 Å². The lowest BCUT2D eigenvalue weighted by molar-refractivity contribution is -0.284. The Kier molecular flexibility index (Phi) is 13.8. The van der Waals surface area contributed by atoms with Crippen molar-refractivity contribution in [3.63, 3.8) is 0 Å². The van der Waals surface area contributed by atoms with Crippen molar-refractivity contribution in [3.05, 3.63) is 0 Å². The van der Waals surface area contributed by atoms with Crippen LogP contribution in [0, 0.1) is 49.7 Å². The molecule has 2 aliphatic heterocycles. The number of hydrogen-bond acceptors (Lipinski definition) is 4. The molecule has 0 N–H and O–H groups in total. The second-order valence-electron chi connectivity index (χ2n) is 21.8. The third-order valence-electron chi connectivity index (χ3n) is 16.9. The normalized spacial score (nSPS) is 29.5. The van der Waals surface area contributed by atoms with Crippen molar-refractivity contribution in [2.75, 3.05) is 0 Å². The average Bonchev–Trinajstić information content (AvgIpc) is 3.99. The van der Waals surface area contributed by atoms with Crippen LogP contribution < -0.4 is 0 Å². The Balaban J connectivity index is 2.03. The van der Waals surface area contributed by atoms with Crippen LogP contribution in [-0.4, -0.2) is 11.6 Å². The Morgan fingerprint density at radius 3 is 0.980 bits per heavy atom. The van der Waals surface area contributed by atoms with Crippen molar-refractivity contribution < 1.29 is 19.6 Å². The van der Waals surface area contributed by atoms with Crippen LogP contribution in [0.2, 0.25) is 0 Å². The van der Waals surface area contributed by atoms with E-state index in [9.17, 15) is 0 Å². The lowest BCUT2D eigenvalue weighted by atomic mass is 9.28. The van der Waals surface area contributed by atoms with E-state index in [0.29, 0.717) is 11.8 Å². The standard InChI is InChI=1S/C47H88O4/c1-15-19-23-27-39(5,6)37-35-44(48-49-44)31-33-46(37,41(9,10)29-25-21-17-3)43(13,14)47(42(11,12)30-26-22-18-4)34-32-45(50-51-45)36-38(47)40(7,8)28-24-20-16-2/h37-38H,15-36H2,1-14H3. The maximum Gasteiger partial charge on any atom is 0.234 e. The summed E-state index contributed by atoms with van der Waals surface area (Å²) in [6, 6.07) is 0. The predicted molar refractivity (Wildman–Crippen MR) is 215 cm³/mol. The molecule has 2 saturated carbocycles. The molecule has 4 aliphatic rings. The Hall–Kier alpha value is -0.160. The summed E-state index contributed by atoms with van der Waals surface area (Å²) in [5, 5.41) is 0. The zero-order chi connectivity index (χ0) is 38.0. The van der Waals surface area contributed by atoms with Crippen LogP contribution in [0.25, 0.3) is 0 Å². The monoisotopic (exact) mass is 717 g/mol. The van der Waals surface area contributed by atoms with Crippen LogP contribution in [-0.2, 0) is 19.6 Å². The van der Waals surface area contributed by atoms with Gasteiger partial charge in [0.2, 0.25) is 11.6 Å². The summed E-state index contributed by atoms with van der Waals surface area (Å²) in [5.41, 5.74) is 0.780. The first kappa shape index (κ1) is 43.6. The second-order valence-corrected chi connectivity index (χ2v) is 21.8. The lowest BCUT2D eigenvalue weighted by Crippen LogP contribution is -2.70. The van der Waals surface area contributed by atoms with Crippen molar-refractivity contribution in [2.45, 2.75) is 250 Å². The van der Waals surface area contributed by atoms with E-state index in [4.69, 9.17) is 19.6 Å². The van der Waals surface area contributed by atoms with E-state index in [1.807, 2.05) is 0 Å². The molecule has 0 bridgehead atoms. The van der Waals surface area contributed by atoms with Crippen LogP contribution in [0.3, 0.4) is 0 Å². The number of hydrogen-bond donors (Lipinski definition) is 0. The van der Waals surface area contributed by atoms with Gasteiger partial charge < -0.3 is 0 Å². The van der Waals surface area contributed by atoms with Gasteiger partial charge in [-0.2, -0.15) is 19.6 Å². The maximum atomic E-state index is 6.04. The molecule has 0 amide bonds. The maximum absolute atomic E-state index is 6.04. The molecule has 4 atom stereocenters. The van der Waals surface area contributed by atoms with Gasteiger partial charge in [-0.15, -0.1) is 0 Å². The summed E-state index contributed by atoms with van der Waals surface area (Å²) < 4.78 is 0. The molecular formula is C47H88O4. The van der Waals surface area contributed by atoms with Gasteiger partial charge in [-0.3, -0.25) is 0 Å². The molecule has 51 heavy (non-hydrogen) atoms. The minimum atomic E-state index is -0.374. The van der Waals surface area contributed by atoms with Gasteiger partial charge in [0.05, 0.1) is 0 Å². The summed E-state index contributed by atoms with van der Waals surface area (Å²) in [5.74, 6) is 0.226. The molecular weight excluding hydrogens is 629 g/mol. The Bertz CT molecular complexity index is 1010. The molecule has 4 unspecified atom stereocenters. The Morgan fingerprint density at radius 2 is 0.706 bits per heavy atom. The fourth-order valence-corrected chi connectivity index (χ4v) is 13.9. The van der Waals surface area contributed by atoms with Gasteiger partial charge in [-0.05, 0) is 88.3 Å². The van der Waals surface area contributed by atoms with Crippen molar-refractivity contribution in [1.29, 1.82) is 0 Å². The highest BCUT2D eigenvalue weighted by Gasteiger charge is 2.77. The van der Waals surface area contributed by atoms with Gasteiger partial charge in [0, 0.05) is 25.7 Å². The minimum Gasteiger partial charge on any atom is -0.195 e. The predicted octanol–water partition coefficient (Wildman–Crippen LogP) is 15.3. The van der Waals surface area contributed by atoms with E-state index in [1.165, 1.54) is 116 Å². The molecule has 2 aliphatic carbocycles. The summed E-state index contributed by atoms with van der Waals surface area (Å²) in [4.78, 5) is 24.2. The third-order valence-corrected chi connectivity index (χ3v) is 16.9. The minimum absolute atomic E-state index is 0.0117. The van der Waals surface area contributed by atoms with Gasteiger partial charge >= 0.3 is 0 Å². The zero-order valence-electron chi connectivity index (χ0n) is 36.8. The van der Waals surface area contributed by atoms with Gasteiger partial charge in [0.25, 0.3) is 0 Å². The van der Waals surface area contributed by atoms with Crippen LogP contribution in [0.1, 0.15) is 238 Å². The molecule has 0 aromatic carbocycles. The highest BCUT2D eigenvalue weighted by Crippen LogP contribution is 2.81. The molecule has 300 valence electrons. The first-order chi connectivity index (χ1) is 23.7. The van der Waals surface area contributed by atoms with Crippen LogP contribution in [0.15, 0.2) is 0 Å². The first-order valence-electron chi connectivity index (χ1n) is 22.5. The summed E-state index contributed by atoms with van der Waals surface area (Å²) in [7, 11) is 0. The van der Waals surface area contributed by atoms with E-state index < -0.39 is 0 Å². The Labute approximate surface area is 318 Å². The summed E-state index contributed by atoms with van der Waals surface area (Å²) in [6.45, 7) is 36.6. The van der Waals surface area contributed by atoms with Crippen molar-refractivity contribution in [1.82, 2.24) is 0 Å². The van der Waals surface area contributed by atoms with Gasteiger partial charge in [-0.25, -0.2) is 0 Å². The lowest BCUT2D eigenvalue weighted by Gasteiger charge is -2.75. The van der Waals surface area contributed by atoms with Crippen molar-refractivity contribution in [3.8, 4) is 0 Å². The smallest absolute Gasteiger partial charge is 0.195 e. The Morgan fingerprint density at radius 1 is 0.412 bits per heavy atom. The summed E-state index contributed by atoms with van der Waals surface area (Å²) >= 11 is 0. The van der Waals surface area contributed by atoms with E-state index in [-0.39, 0.29) is 49.5 Å². The molecule has 2 spiro atoms. The van der Waals surface area contributed by atoms with Crippen molar-refractivity contribution >= 4 is 0 Å². The van der Waals surface area contributed by atoms with E-state index in [0.717, 1.165) is 25.7 Å². The van der Waals surface area contributed by atoms with E-state index in [2.05, 4.69) is 96.9 Å². The van der Waals surface area contributed by atoms with Gasteiger partial charge in [0.1, 0.15) is 0 Å². The van der Waals surface area contributed by atoms with Crippen molar-refractivity contribution in [2.24, 2.45) is 49.7 Å². The first-order valence-corrected chi connectivity index (χ1v) is 22.5.